The molecule has 0 unspecified atom stereocenters. The number of ether oxygens (including phenoxy) is 1. The second kappa shape index (κ2) is 6.99. The molecule has 3 rings (SSSR count). The van der Waals surface area contributed by atoms with E-state index in [4.69, 9.17) is 9.68 Å². The number of nitrogens with zero attached hydrogens (tertiary/aromatic N) is 1. The molecule has 0 spiro atoms. The minimum absolute atomic E-state index is 0.0425. The van der Waals surface area contributed by atoms with E-state index in [-0.39, 0.29) is 18.0 Å². The van der Waals surface area contributed by atoms with Gasteiger partial charge in [0.2, 0.25) is 5.76 Å². The predicted molar refractivity (Wildman–Crippen MR) is 86.4 cm³/mol. The highest BCUT2D eigenvalue weighted by Gasteiger charge is 2.39. The van der Waals surface area contributed by atoms with Gasteiger partial charge in [-0.15, -0.1) is 13.2 Å². The van der Waals surface area contributed by atoms with E-state index in [0.29, 0.717) is 28.7 Å². The summed E-state index contributed by atoms with van der Waals surface area (Å²) >= 11 is 0. The normalized spacial score (nSPS) is 12.0. The van der Waals surface area contributed by atoms with Crippen LogP contribution in [0.25, 0.3) is 11.0 Å². The highest BCUT2D eigenvalue weighted by Crippen LogP contribution is 2.40. The summed E-state index contributed by atoms with van der Waals surface area (Å²) in [6.45, 7) is 0.0787. The molecule has 146 valence electrons. The van der Waals surface area contributed by atoms with Crippen LogP contribution in [0.3, 0.4) is 0 Å². The van der Waals surface area contributed by atoms with Gasteiger partial charge in [-0.2, -0.15) is 18.4 Å². The lowest BCUT2D eigenvalue weighted by molar-refractivity contribution is -0.276. The monoisotopic (exact) mass is 400 g/mol. The fraction of sp³-hybridized carbons (Fsp3) is 0.167. The molecule has 0 saturated carbocycles. The van der Waals surface area contributed by atoms with Crippen LogP contribution in [-0.4, -0.2) is 6.36 Å². The van der Waals surface area contributed by atoms with Crippen LogP contribution in [0.5, 0.6) is 5.75 Å². The second-order valence-corrected chi connectivity index (χ2v) is 5.70. The average Bonchev–Trinajstić information content (AvgIpc) is 3.01. The maximum Gasteiger partial charge on any atom is 0.573 e. The Hall–Kier alpha value is -3.35. The first-order valence-corrected chi connectivity index (χ1v) is 7.68. The molecule has 10 heteroatoms. The minimum atomic E-state index is -5.24. The van der Waals surface area contributed by atoms with Crippen molar-refractivity contribution in [3.05, 3.63) is 59.4 Å². The van der Waals surface area contributed by atoms with E-state index in [1.807, 2.05) is 6.07 Å². The molecule has 1 N–H and O–H groups in total. The lowest BCUT2D eigenvalue weighted by Gasteiger charge is -2.17. The predicted octanol–water partition coefficient (Wildman–Crippen LogP) is 5.83. The van der Waals surface area contributed by atoms with Crippen LogP contribution in [0.1, 0.15) is 16.9 Å². The standard InChI is InChI=1S/C18H10F6N2O2/c19-17(20,21)14-7-12(3-4-15(14)28-18(22,23)24)26-9-10-1-2-11-6-13(8-25)27-16(11)5-10/h1-7,26H,9H2. The molecule has 3 aromatic rings. The molecule has 0 aliphatic heterocycles. The highest BCUT2D eigenvalue weighted by atomic mass is 19.4. The lowest BCUT2D eigenvalue weighted by Crippen LogP contribution is -2.20. The van der Waals surface area contributed by atoms with Crippen molar-refractivity contribution in [1.29, 1.82) is 5.26 Å². The summed E-state index contributed by atoms with van der Waals surface area (Å²) in [5, 5.41) is 12.2. The highest BCUT2D eigenvalue weighted by molar-refractivity contribution is 5.79. The number of furan rings is 1. The van der Waals surface area contributed by atoms with Gasteiger partial charge in [-0.3, -0.25) is 0 Å². The molecule has 0 aliphatic carbocycles. The Kier molecular flexibility index (Phi) is 4.85. The van der Waals surface area contributed by atoms with Crippen molar-refractivity contribution >= 4 is 16.7 Å². The van der Waals surface area contributed by atoms with E-state index < -0.39 is 23.9 Å². The zero-order chi connectivity index (χ0) is 20.5. The van der Waals surface area contributed by atoms with Gasteiger partial charge in [0.1, 0.15) is 17.4 Å². The Morgan fingerprint density at radius 3 is 2.39 bits per heavy atom. The number of nitriles is 1. The molecule has 0 radical (unpaired) electrons. The van der Waals surface area contributed by atoms with Crippen LogP contribution in [0.4, 0.5) is 32.0 Å². The summed E-state index contributed by atoms with van der Waals surface area (Å²) in [6, 6.07) is 10.6. The smallest absolute Gasteiger partial charge is 0.446 e. The fourth-order valence-electron chi connectivity index (χ4n) is 2.52. The molecule has 0 saturated heterocycles. The largest absolute Gasteiger partial charge is 0.573 e. The molecule has 0 amide bonds. The van der Waals surface area contributed by atoms with Crippen LogP contribution < -0.4 is 10.1 Å². The summed E-state index contributed by atoms with van der Waals surface area (Å²) in [5.41, 5.74) is -0.523. The molecule has 0 aliphatic rings. The van der Waals surface area contributed by atoms with Crippen molar-refractivity contribution in [3.8, 4) is 11.8 Å². The summed E-state index contributed by atoms with van der Waals surface area (Å²) in [4.78, 5) is 0. The third-order valence-electron chi connectivity index (χ3n) is 3.70. The zero-order valence-corrected chi connectivity index (χ0v) is 13.8. The van der Waals surface area contributed by atoms with Gasteiger partial charge >= 0.3 is 12.5 Å². The van der Waals surface area contributed by atoms with Crippen molar-refractivity contribution in [2.24, 2.45) is 0 Å². The number of hydrogen-bond acceptors (Lipinski definition) is 4. The van der Waals surface area contributed by atoms with Crippen LogP contribution in [0.15, 0.2) is 46.9 Å². The number of rotatable bonds is 4. The molecular formula is C18H10F6N2O2. The van der Waals surface area contributed by atoms with Gasteiger partial charge < -0.3 is 14.5 Å². The molecule has 28 heavy (non-hydrogen) atoms. The van der Waals surface area contributed by atoms with Crippen molar-refractivity contribution < 1.29 is 35.5 Å². The first-order valence-electron chi connectivity index (χ1n) is 7.68. The van der Waals surface area contributed by atoms with Crippen LogP contribution in [0, 0.1) is 11.3 Å². The van der Waals surface area contributed by atoms with Crippen molar-refractivity contribution in [2.75, 3.05) is 5.32 Å². The molecular weight excluding hydrogens is 390 g/mol. The zero-order valence-electron chi connectivity index (χ0n) is 13.8. The Morgan fingerprint density at radius 2 is 1.75 bits per heavy atom. The maximum atomic E-state index is 13.1. The lowest BCUT2D eigenvalue weighted by atomic mass is 10.1. The topological polar surface area (TPSA) is 58.2 Å². The number of halogens is 6. The quantitative estimate of drug-likeness (QED) is 0.560. The van der Waals surface area contributed by atoms with E-state index in [1.165, 1.54) is 0 Å². The van der Waals surface area contributed by atoms with E-state index in [1.54, 1.807) is 24.3 Å². The molecule has 1 aromatic heterocycles. The Morgan fingerprint density at radius 1 is 1.00 bits per heavy atom. The van der Waals surface area contributed by atoms with Gasteiger partial charge in [0.05, 0.1) is 5.56 Å². The van der Waals surface area contributed by atoms with Crippen molar-refractivity contribution in [3.63, 3.8) is 0 Å². The van der Waals surface area contributed by atoms with E-state index in [2.05, 4.69) is 10.1 Å². The van der Waals surface area contributed by atoms with Gasteiger partial charge in [0, 0.05) is 23.7 Å². The van der Waals surface area contributed by atoms with Gasteiger partial charge in [0.15, 0.2) is 0 Å². The average molecular weight is 400 g/mol. The van der Waals surface area contributed by atoms with Crippen LogP contribution in [-0.2, 0) is 12.7 Å². The fourth-order valence-corrected chi connectivity index (χ4v) is 2.52. The second-order valence-electron chi connectivity index (χ2n) is 5.70. The summed E-state index contributed by atoms with van der Waals surface area (Å²) in [5.74, 6) is -1.21. The SMILES string of the molecule is N#Cc1cc2ccc(CNc3ccc(OC(F)(F)F)c(C(F)(F)F)c3)cc2o1. The van der Waals surface area contributed by atoms with E-state index in [9.17, 15) is 26.3 Å². The Bertz CT molecular complexity index is 1050. The van der Waals surface area contributed by atoms with Crippen LogP contribution >= 0.6 is 0 Å². The van der Waals surface area contributed by atoms with E-state index in [0.717, 1.165) is 6.07 Å². The van der Waals surface area contributed by atoms with Crippen molar-refractivity contribution in [2.45, 2.75) is 19.1 Å². The molecule has 4 nitrogen and oxygen atoms in total. The first-order chi connectivity index (χ1) is 13.0. The van der Waals surface area contributed by atoms with Gasteiger partial charge in [-0.05, 0) is 29.8 Å². The first kappa shape index (κ1) is 19.4. The number of benzene rings is 2. The summed E-state index contributed by atoms with van der Waals surface area (Å²) in [7, 11) is 0. The number of alkyl halides is 6. The third kappa shape index (κ3) is 4.49. The molecule has 0 atom stereocenters. The molecule has 0 bridgehead atoms. The third-order valence-corrected chi connectivity index (χ3v) is 3.70. The summed E-state index contributed by atoms with van der Waals surface area (Å²) in [6.07, 6.45) is -10.3. The van der Waals surface area contributed by atoms with Gasteiger partial charge in [0.25, 0.3) is 0 Å². The number of anilines is 1. The maximum absolute atomic E-state index is 13.1. The number of nitrogens with one attached hydrogen (secondary N) is 1. The van der Waals surface area contributed by atoms with E-state index >= 15 is 0 Å². The Balaban J connectivity index is 1.81. The minimum Gasteiger partial charge on any atom is -0.446 e. The van der Waals surface area contributed by atoms with Crippen LogP contribution in [0.2, 0.25) is 0 Å². The molecule has 2 aromatic carbocycles. The Labute approximate surface area is 153 Å². The molecule has 1 heterocycles. The molecule has 0 fully saturated rings. The number of hydrogen-bond donors (Lipinski definition) is 1. The van der Waals surface area contributed by atoms with Gasteiger partial charge in [-0.25, -0.2) is 0 Å². The summed E-state index contributed by atoms with van der Waals surface area (Å²) < 4.78 is 84.8. The van der Waals surface area contributed by atoms with Gasteiger partial charge in [-0.1, -0.05) is 12.1 Å². The number of fused-ring (bicyclic) bond motifs is 1. The van der Waals surface area contributed by atoms with Crippen molar-refractivity contribution in [1.82, 2.24) is 0 Å².